The van der Waals surface area contributed by atoms with Crippen LogP contribution in [-0.4, -0.2) is 59.5 Å². The first kappa shape index (κ1) is 32.4. The third-order valence-electron chi connectivity index (χ3n) is 8.45. The largest absolute Gasteiger partial charge is 0.465 e. The molecular weight excluding hydrogens is 621 g/mol. The number of rotatable bonds is 7. The van der Waals surface area contributed by atoms with Crippen LogP contribution in [0.2, 0.25) is 0 Å². The molecule has 1 saturated heterocycles. The molecule has 2 heterocycles. The molecule has 0 saturated carbocycles. The second-order valence-corrected chi connectivity index (χ2v) is 12.6. The molecule has 1 aromatic heterocycles. The molecule has 1 amide bonds. The quantitative estimate of drug-likeness (QED) is 0.241. The molecule has 0 aliphatic carbocycles. The lowest BCUT2D eigenvalue weighted by atomic mass is 9.96. The highest BCUT2D eigenvalue weighted by Gasteiger charge is 2.30. The number of ether oxygens (including phenoxy) is 1. The van der Waals surface area contributed by atoms with E-state index in [4.69, 9.17) is 4.74 Å². The monoisotopic (exact) mass is 654 g/mol. The first-order valence-corrected chi connectivity index (χ1v) is 16.5. The van der Waals surface area contributed by atoms with Crippen molar-refractivity contribution in [1.29, 1.82) is 5.26 Å². The van der Waals surface area contributed by atoms with Gasteiger partial charge in [-0.05, 0) is 59.5 Å². The zero-order chi connectivity index (χ0) is 33.6. The highest BCUT2D eigenvalue weighted by Crippen LogP contribution is 2.29. The molecule has 0 bridgehead atoms. The van der Waals surface area contributed by atoms with E-state index in [2.05, 4.69) is 35.2 Å². The van der Waals surface area contributed by atoms with Gasteiger partial charge in [0.25, 0.3) is 11.5 Å². The smallest absolute Gasteiger partial charge is 0.337 e. The number of methoxy groups -OCH3 is 1. The van der Waals surface area contributed by atoms with Crippen LogP contribution in [0.1, 0.15) is 38.7 Å². The summed E-state index contributed by atoms with van der Waals surface area (Å²) in [5.74, 6) is -0.852. The van der Waals surface area contributed by atoms with Crippen LogP contribution in [0, 0.1) is 18.3 Å². The number of piperazine rings is 1. The fraction of sp³-hybridized carbons (Fsp3) is 0.179. The normalized spacial score (nSPS) is 14.5. The first-order chi connectivity index (χ1) is 23.4. The average molecular weight is 655 g/mol. The predicted octanol–water partition coefficient (Wildman–Crippen LogP) is 4.43. The molecule has 0 atom stereocenters. The number of nitrogens with zero attached hydrogens (tertiary/aromatic N) is 4. The number of esters is 1. The van der Waals surface area contributed by atoms with Crippen LogP contribution in [0.3, 0.4) is 0 Å². The number of nitriles is 1. The average Bonchev–Trinajstić information content (AvgIpc) is 3.44. The van der Waals surface area contributed by atoms with Crippen molar-refractivity contribution in [1.82, 2.24) is 14.4 Å². The van der Waals surface area contributed by atoms with Gasteiger partial charge in [0.05, 0.1) is 28.9 Å². The molecule has 6 rings (SSSR count). The maximum absolute atomic E-state index is 14.1. The Hall–Kier alpha value is -5.56. The fourth-order valence-electron chi connectivity index (χ4n) is 6.05. The van der Waals surface area contributed by atoms with Gasteiger partial charge < -0.3 is 9.64 Å². The Morgan fingerprint density at radius 2 is 1.48 bits per heavy atom. The summed E-state index contributed by atoms with van der Waals surface area (Å²) in [6.07, 6.45) is 1.70. The highest BCUT2D eigenvalue weighted by atomic mass is 32.1. The first-order valence-electron chi connectivity index (χ1n) is 15.6. The summed E-state index contributed by atoms with van der Waals surface area (Å²) < 4.78 is 6.89. The van der Waals surface area contributed by atoms with Crippen LogP contribution >= 0.6 is 11.3 Å². The van der Waals surface area contributed by atoms with Crippen LogP contribution in [0.25, 0.3) is 17.3 Å². The van der Waals surface area contributed by atoms with Crippen LogP contribution in [0.5, 0.6) is 0 Å². The van der Waals surface area contributed by atoms with Crippen LogP contribution in [0.15, 0.2) is 114 Å². The molecule has 0 unspecified atom stereocenters. The lowest BCUT2D eigenvalue weighted by Crippen LogP contribution is -2.50. The Bertz CT molecular complexity index is 2120. The third-order valence-corrected chi connectivity index (χ3v) is 9.54. The number of aryl methyl sites for hydroxylation is 1. The van der Waals surface area contributed by atoms with Gasteiger partial charge in [0.15, 0.2) is 5.57 Å². The predicted molar refractivity (Wildman–Crippen MR) is 187 cm³/mol. The Balaban J connectivity index is 1.36. The standard InChI is InChI=1S/C39H34N4O4S/c1-27-10-9-15-32(24-27)43-37(45)34(25-28-16-18-31(19-17-28)39(46)47-2)48-38(43)33(26-40)36(44)42-22-20-41(21-23-42)35(29-11-5-3-6-12-29)30-13-7-4-8-14-30/h3-19,24-25,35H,20-23H2,1-2H3/b34-25-,38-33-. The van der Waals surface area contributed by atoms with E-state index in [1.165, 1.54) is 22.8 Å². The third kappa shape index (κ3) is 6.76. The highest BCUT2D eigenvalue weighted by molar-refractivity contribution is 7.07. The lowest BCUT2D eigenvalue weighted by Gasteiger charge is -2.39. The molecule has 1 fully saturated rings. The molecule has 48 heavy (non-hydrogen) atoms. The van der Waals surface area contributed by atoms with E-state index in [1.54, 1.807) is 41.3 Å². The van der Waals surface area contributed by atoms with Crippen LogP contribution < -0.4 is 14.8 Å². The molecule has 0 radical (unpaired) electrons. The van der Waals surface area contributed by atoms with Gasteiger partial charge in [0.1, 0.15) is 10.7 Å². The SMILES string of the molecule is COC(=O)c1ccc(/C=c2\s/c(=C(/C#N)C(=O)N3CCN(C(c4ccccc4)c4ccccc4)CC3)n(-c3cccc(C)c3)c2=O)cc1. The van der Waals surface area contributed by atoms with Gasteiger partial charge in [-0.3, -0.25) is 19.1 Å². The number of amides is 1. The van der Waals surface area contributed by atoms with E-state index in [9.17, 15) is 19.6 Å². The maximum atomic E-state index is 14.1. The Morgan fingerprint density at radius 1 is 0.854 bits per heavy atom. The minimum atomic E-state index is -0.454. The summed E-state index contributed by atoms with van der Waals surface area (Å²) in [6, 6.07) is 37.0. The van der Waals surface area contributed by atoms with Crippen molar-refractivity contribution in [3.63, 3.8) is 0 Å². The van der Waals surface area contributed by atoms with Crippen LogP contribution in [0.4, 0.5) is 0 Å². The summed E-state index contributed by atoms with van der Waals surface area (Å²) in [5.41, 5.74) is 4.54. The fourth-order valence-corrected chi connectivity index (χ4v) is 7.15. The molecule has 0 N–H and O–H groups in total. The number of aromatic nitrogens is 1. The van der Waals surface area contributed by atoms with E-state index in [0.29, 0.717) is 47.5 Å². The van der Waals surface area contributed by atoms with E-state index in [0.717, 1.165) is 16.9 Å². The van der Waals surface area contributed by atoms with Gasteiger partial charge >= 0.3 is 5.97 Å². The second-order valence-electron chi connectivity index (χ2n) is 11.5. The van der Waals surface area contributed by atoms with Crippen molar-refractivity contribution < 1.29 is 14.3 Å². The summed E-state index contributed by atoms with van der Waals surface area (Å²) in [4.78, 5) is 44.0. The van der Waals surface area contributed by atoms with E-state index in [-0.39, 0.29) is 21.8 Å². The number of carbonyl (C=O) groups is 2. The summed E-state index contributed by atoms with van der Waals surface area (Å²) in [7, 11) is 1.32. The molecule has 9 heteroatoms. The molecule has 0 spiro atoms. The van der Waals surface area contributed by atoms with Crippen molar-refractivity contribution in [3.05, 3.63) is 157 Å². The maximum Gasteiger partial charge on any atom is 0.337 e. The molecule has 1 aliphatic heterocycles. The van der Waals surface area contributed by atoms with Gasteiger partial charge in [0.2, 0.25) is 0 Å². The molecule has 8 nitrogen and oxygen atoms in total. The van der Waals surface area contributed by atoms with Crippen molar-refractivity contribution in [2.24, 2.45) is 0 Å². The summed E-state index contributed by atoms with van der Waals surface area (Å²) in [6.45, 7) is 4.04. The van der Waals surface area contributed by atoms with Gasteiger partial charge in [0, 0.05) is 26.2 Å². The van der Waals surface area contributed by atoms with E-state index in [1.807, 2.05) is 61.5 Å². The molecule has 1 aliphatic rings. The summed E-state index contributed by atoms with van der Waals surface area (Å²) in [5, 5.41) is 10.4. The Morgan fingerprint density at radius 3 is 2.04 bits per heavy atom. The second kappa shape index (κ2) is 14.5. The minimum absolute atomic E-state index is 0.0349. The molecule has 240 valence electrons. The van der Waals surface area contributed by atoms with Crippen LogP contribution in [-0.2, 0) is 9.53 Å². The Labute approximate surface area is 282 Å². The molecule has 5 aromatic rings. The van der Waals surface area contributed by atoms with Gasteiger partial charge in [-0.25, -0.2) is 4.79 Å². The molecular formula is C39H34N4O4S. The van der Waals surface area contributed by atoms with Gasteiger partial charge in [-0.2, -0.15) is 5.26 Å². The minimum Gasteiger partial charge on any atom is -0.465 e. The number of hydrogen-bond acceptors (Lipinski definition) is 7. The van der Waals surface area contributed by atoms with Gasteiger partial charge in [-0.1, -0.05) is 84.9 Å². The van der Waals surface area contributed by atoms with E-state index >= 15 is 0 Å². The topological polar surface area (TPSA) is 95.6 Å². The number of hydrogen-bond donors (Lipinski definition) is 0. The van der Waals surface area contributed by atoms with Gasteiger partial charge in [-0.15, -0.1) is 11.3 Å². The number of thiazole rings is 1. The van der Waals surface area contributed by atoms with Crippen molar-refractivity contribution in [2.75, 3.05) is 33.3 Å². The van der Waals surface area contributed by atoms with E-state index < -0.39 is 11.9 Å². The summed E-state index contributed by atoms with van der Waals surface area (Å²) >= 11 is 1.11. The number of benzene rings is 4. The number of carbonyl (C=O) groups excluding carboxylic acids is 2. The lowest BCUT2D eigenvalue weighted by molar-refractivity contribution is -0.126. The van der Waals surface area contributed by atoms with Crippen molar-refractivity contribution >= 4 is 34.9 Å². The molecule has 4 aromatic carbocycles. The zero-order valence-electron chi connectivity index (χ0n) is 26.7. The van der Waals surface area contributed by atoms with Crippen molar-refractivity contribution in [3.8, 4) is 11.8 Å². The Kier molecular flexibility index (Phi) is 9.76. The van der Waals surface area contributed by atoms with Crippen molar-refractivity contribution in [2.45, 2.75) is 13.0 Å². The zero-order valence-corrected chi connectivity index (χ0v) is 27.5.